The number of aromatic nitrogens is 1. The van der Waals surface area contributed by atoms with Gasteiger partial charge in [0.15, 0.2) is 5.58 Å². The van der Waals surface area contributed by atoms with Crippen molar-refractivity contribution >= 4 is 66.4 Å². The van der Waals surface area contributed by atoms with E-state index in [0.29, 0.717) is 0 Å². The Morgan fingerprint density at radius 3 is 1.96 bits per heavy atom. The predicted molar refractivity (Wildman–Crippen MR) is 209 cm³/mol. The Labute approximate surface area is 290 Å². The summed E-state index contributed by atoms with van der Waals surface area (Å²) in [6, 6.07) is 58.4. The minimum Gasteiger partial charge on any atom is -0.454 e. The first-order valence-corrected chi connectivity index (χ1v) is 17.2. The van der Waals surface area contributed by atoms with Crippen molar-refractivity contribution in [1.82, 2.24) is 4.57 Å². The molecule has 2 heterocycles. The molecule has 0 radical (unpaired) electrons. The zero-order chi connectivity index (χ0) is 33.0. The molecular weight excluding hydrogens is 609 g/mol. The van der Waals surface area contributed by atoms with Crippen LogP contribution in [0.25, 0.3) is 55.0 Å². The van der Waals surface area contributed by atoms with Crippen molar-refractivity contribution in [3.8, 4) is 5.69 Å². The summed E-state index contributed by atoms with van der Waals surface area (Å²) in [4.78, 5) is 2.30. The third kappa shape index (κ3) is 4.44. The van der Waals surface area contributed by atoms with Crippen molar-refractivity contribution in [3.63, 3.8) is 0 Å². The van der Waals surface area contributed by atoms with E-state index >= 15 is 0 Å². The molecule has 50 heavy (non-hydrogen) atoms. The summed E-state index contributed by atoms with van der Waals surface area (Å²) in [7, 11) is 0. The zero-order valence-electron chi connectivity index (χ0n) is 27.3. The van der Waals surface area contributed by atoms with Gasteiger partial charge < -0.3 is 13.9 Å². The number of benzene rings is 7. The summed E-state index contributed by atoms with van der Waals surface area (Å²) in [6.45, 7) is 0. The molecule has 0 fully saturated rings. The van der Waals surface area contributed by atoms with Gasteiger partial charge in [-0.25, -0.2) is 0 Å². The van der Waals surface area contributed by atoms with Gasteiger partial charge in [-0.2, -0.15) is 0 Å². The Kier molecular flexibility index (Phi) is 6.56. The Balaban J connectivity index is 1.27. The molecule has 7 aromatic carbocycles. The number of rotatable bonds is 5. The molecule has 0 saturated carbocycles. The molecular formula is C47H32N2O. The number of fused-ring (bicyclic) bond motifs is 8. The minimum absolute atomic E-state index is 0.893. The second-order valence-electron chi connectivity index (χ2n) is 12.9. The summed E-state index contributed by atoms with van der Waals surface area (Å²) < 4.78 is 9.21. The zero-order valence-corrected chi connectivity index (χ0v) is 27.3. The van der Waals surface area contributed by atoms with Crippen molar-refractivity contribution in [2.24, 2.45) is 0 Å². The van der Waals surface area contributed by atoms with E-state index in [4.69, 9.17) is 4.42 Å². The molecule has 3 nitrogen and oxygen atoms in total. The second-order valence-corrected chi connectivity index (χ2v) is 12.9. The van der Waals surface area contributed by atoms with Gasteiger partial charge in [-0.05, 0) is 95.4 Å². The highest BCUT2D eigenvalue weighted by Gasteiger charge is 2.25. The monoisotopic (exact) mass is 640 g/mol. The second kappa shape index (κ2) is 11.5. The van der Waals surface area contributed by atoms with Crippen LogP contribution in [0.1, 0.15) is 16.7 Å². The molecule has 0 aliphatic heterocycles. The van der Waals surface area contributed by atoms with E-state index in [2.05, 4.69) is 191 Å². The van der Waals surface area contributed by atoms with Crippen molar-refractivity contribution < 1.29 is 4.42 Å². The minimum atomic E-state index is 0.893. The van der Waals surface area contributed by atoms with E-state index in [1.807, 2.05) is 0 Å². The molecule has 0 atom stereocenters. The molecule has 0 saturated heterocycles. The fourth-order valence-electron chi connectivity index (χ4n) is 7.81. The van der Waals surface area contributed by atoms with Crippen molar-refractivity contribution in [1.29, 1.82) is 0 Å². The molecule has 0 amide bonds. The van der Waals surface area contributed by atoms with Crippen LogP contribution in [-0.4, -0.2) is 4.57 Å². The normalized spacial score (nSPS) is 12.8. The summed E-state index contributed by atoms with van der Waals surface area (Å²) >= 11 is 0. The average Bonchev–Trinajstić information content (AvgIpc) is 3.64. The van der Waals surface area contributed by atoms with Gasteiger partial charge in [0.2, 0.25) is 0 Å². The topological polar surface area (TPSA) is 21.3 Å². The molecule has 1 aliphatic rings. The Morgan fingerprint density at radius 2 is 1.18 bits per heavy atom. The first kappa shape index (κ1) is 28.4. The Bertz CT molecular complexity index is 2730. The van der Waals surface area contributed by atoms with Crippen LogP contribution in [-0.2, 0) is 6.42 Å². The smallest absolute Gasteiger partial charge is 0.160 e. The molecule has 0 N–H and O–H groups in total. The molecule has 10 rings (SSSR count). The van der Waals surface area contributed by atoms with Crippen LogP contribution in [0.2, 0.25) is 0 Å². The van der Waals surface area contributed by atoms with Gasteiger partial charge in [0.25, 0.3) is 0 Å². The summed E-state index contributed by atoms with van der Waals surface area (Å²) in [6.07, 6.45) is 7.67. The lowest BCUT2D eigenvalue weighted by Gasteiger charge is -2.25. The van der Waals surface area contributed by atoms with Crippen molar-refractivity contribution in [3.05, 3.63) is 199 Å². The number of allylic oxidation sites excluding steroid dienone is 3. The number of nitrogens with zero attached hydrogens (tertiary/aromatic N) is 2. The molecule has 1 aliphatic carbocycles. The summed E-state index contributed by atoms with van der Waals surface area (Å²) in [5.74, 6) is 0. The maximum absolute atomic E-state index is 6.81. The van der Waals surface area contributed by atoms with Crippen LogP contribution in [0.3, 0.4) is 0 Å². The van der Waals surface area contributed by atoms with E-state index in [0.717, 1.165) is 62.1 Å². The third-order valence-corrected chi connectivity index (χ3v) is 10.0. The fourth-order valence-corrected chi connectivity index (χ4v) is 7.81. The third-order valence-electron chi connectivity index (χ3n) is 10.0. The standard InChI is InChI=1S/C47H32N2O/c1-3-17-33(18-4-1)48(34-19-5-2-6-20-34)35-27-29-36(30-28-35)49-43-25-13-11-24-40(43)45-41(38-22-10-8-16-32-15-7-9-21-37(32)38)31-42-39-23-12-14-26-44(39)50-47(42)46(45)49/h1-15,17-31H,16H2. The lowest BCUT2D eigenvalue weighted by Crippen LogP contribution is -2.09. The highest BCUT2D eigenvalue weighted by Crippen LogP contribution is 2.46. The molecule has 0 spiro atoms. The van der Waals surface area contributed by atoms with E-state index in [1.165, 1.54) is 33.0 Å². The van der Waals surface area contributed by atoms with Gasteiger partial charge in [0, 0.05) is 44.3 Å². The SMILES string of the molecule is C1=CCc2ccccc2C(c2cc3c4ccccc4oc3c3c2c2ccccc2n3-c2ccc(N(c3ccccc3)c3ccccc3)cc2)=C1. The van der Waals surface area contributed by atoms with Gasteiger partial charge in [-0.15, -0.1) is 0 Å². The average molecular weight is 641 g/mol. The van der Waals surface area contributed by atoms with E-state index < -0.39 is 0 Å². The number of anilines is 3. The van der Waals surface area contributed by atoms with E-state index in [-0.39, 0.29) is 0 Å². The largest absolute Gasteiger partial charge is 0.454 e. The highest BCUT2D eigenvalue weighted by molar-refractivity contribution is 6.25. The van der Waals surface area contributed by atoms with Crippen LogP contribution in [0.5, 0.6) is 0 Å². The fraction of sp³-hybridized carbons (Fsp3) is 0.0213. The molecule has 236 valence electrons. The van der Waals surface area contributed by atoms with Crippen LogP contribution in [0.15, 0.2) is 186 Å². The first-order valence-electron chi connectivity index (χ1n) is 17.2. The summed E-state index contributed by atoms with van der Waals surface area (Å²) in [5.41, 5.74) is 13.5. The molecule has 9 aromatic rings. The van der Waals surface area contributed by atoms with Crippen LogP contribution in [0.4, 0.5) is 17.1 Å². The molecule has 0 bridgehead atoms. The highest BCUT2D eigenvalue weighted by atomic mass is 16.3. The van der Waals surface area contributed by atoms with E-state index in [9.17, 15) is 0 Å². The number of para-hydroxylation sites is 4. The van der Waals surface area contributed by atoms with Gasteiger partial charge in [-0.3, -0.25) is 0 Å². The molecule has 2 aromatic heterocycles. The number of hydrogen-bond donors (Lipinski definition) is 0. The first-order chi connectivity index (χ1) is 24.8. The lowest BCUT2D eigenvalue weighted by molar-refractivity contribution is 0.671. The quantitative estimate of drug-likeness (QED) is 0.187. The lowest BCUT2D eigenvalue weighted by atomic mass is 9.90. The van der Waals surface area contributed by atoms with Gasteiger partial charge in [0.05, 0.1) is 11.0 Å². The van der Waals surface area contributed by atoms with Crippen LogP contribution < -0.4 is 4.90 Å². The Morgan fingerprint density at radius 1 is 0.540 bits per heavy atom. The van der Waals surface area contributed by atoms with Gasteiger partial charge in [-0.1, -0.05) is 115 Å². The van der Waals surface area contributed by atoms with Crippen molar-refractivity contribution in [2.45, 2.75) is 6.42 Å². The number of hydrogen-bond acceptors (Lipinski definition) is 2. The Hall–Kier alpha value is -6.58. The van der Waals surface area contributed by atoms with Gasteiger partial charge in [0.1, 0.15) is 5.58 Å². The predicted octanol–water partition coefficient (Wildman–Crippen LogP) is 12.7. The van der Waals surface area contributed by atoms with Gasteiger partial charge >= 0.3 is 0 Å². The molecule has 3 heteroatoms. The maximum Gasteiger partial charge on any atom is 0.160 e. The summed E-state index contributed by atoms with van der Waals surface area (Å²) in [5, 5.41) is 4.64. The number of furan rings is 1. The van der Waals surface area contributed by atoms with Crippen molar-refractivity contribution in [2.75, 3.05) is 4.90 Å². The maximum atomic E-state index is 6.81. The van der Waals surface area contributed by atoms with Crippen LogP contribution >= 0.6 is 0 Å². The van der Waals surface area contributed by atoms with Crippen LogP contribution in [0, 0.1) is 0 Å². The van der Waals surface area contributed by atoms with E-state index in [1.54, 1.807) is 0 Å². The molecule has 0 unspecified atom stereocenters.